The number of carbonyl (C=O) groups is 1. The third-order valence-electron chi connectivity index (χ3n) is 5.88. The van der Waals surface area contributed by atoms with Gasteiger partial charge in [0.2, 0.25) is 5.91 Å². The summed E-state index contributed by atoms with van der Waals surface area (Å²) in [4.78, 5) is 14.5. The van der Waals surface area contributed by atoms with Crippen LogP contribution in [-0.4, -0.2) is 28.9 Å². The molecule has 0 aromatic carbocycles. The lowest BCUT2D eigenvalue weighted by Gasteiger charge is -2.44. The molecule has 0 radical (unpaired) electrons. The van der Waals surface area contributed by atoms with Crippen molar-refractivity contribution < 1.29 is 9.21 Å². The summed E-state index contributed by atoms with van der Waals surface area (Å²) in [5, 5.41) is 3.61. The minimum Gasteiger partial charge on any atom is -0.468 e. The largest absolute Gasteiger partial charge is 0.468 e. The van der Waals surface area contributed by atoms with Crippen molar-refractivity contribution in [1.29, 1.82) is 0 Å². The zero-order valence-corrected chi connectivity index (χ0v) is 13.2. The Bertz CT molecular complexity index is 513. The third kappa shape index (κ3) is 2.81. The molecule has 4 nitrogen and oxygen atoms in total. The van der Waals surface area contributed by atoms with Crippen molar-refractivity contribution >= 4 is 5.91 Å². The maximum absolute atomic E-state index is 12.3. The van der Waals surface area contributed by atoms with Crippen molar-refractivity contribution in [1.82, 2.24) is 10.2 Å². The molecule has 0 unspecified atom stereocenters. The Labute approximate surface area is 132 Å². The minimum absolute atomic E-state index is 0.197. The van der Waals surface area contributed by atoms with E-state index in [2.05, 4.69) is 10.2 Å². The second-order valence-corrected chi connectivity index (χ2v) is 7.41. The van der Waals surface area contributed by atoms with E-state index in [1.807, 2.05) is 12.1 Å². The van der Waals surface area contributed by atoms with Gasteiger partial charge in [-0.25, -0.2) is 0 Å². The average molecular weight is 302 g/mol. The second kappa shape index (κ2) is 5.73. The molecule has 0 bridgehead atoms. The number of nitrogens with zero attached hydrogens (tertiary/aromatic N) is 1. The van der Waals surface area contributed by atoms with Gasteiger partial charge in [-0.15, -0.1) is 0 Å². The number of hydrogen-bond acceptors (Lipinski definition) is 3. The molecule has 2 heterocycles. The first-order chi connectivity index (χ1) is 10.8. The van der Waals surface area contributed by atoms with Crippen molar-refractivity contribution in [3.8, 4) is 0 Å². The quantitative estimate of drug-likeness (QED) is 0.909. The molecule has 3 aliphatic rings. The number of likely N-dealkylation sites (tertiary alicyclic amines) is 1. The highest BCUT2D eigenvalue weighted by Crippen LogP contribution is 2.44. The van der Waals surface area contributed by atoms with Crippen LogP contribution < -0.4 is 5.32 Å². The van der Waals surface area contributed by atoms with Gasteiger partial charge >= 0.3 is 0 Å². The fraction of sp³-hybridized carbons (Fsp3) is 0.722. The molecule has 4 rings (SSSR count). The maximum Gasteiger partial charge on any atom is 0.223 e. The molecular formula is C18H26N2O2. The Morgan fingerprint density at radius 2 is 2.05 bits per heavy atom. The van der Waals surface area contributed by atoms with Crippen LogP contribution in [0, 0.1) is 5.92 Å². The minimum atomic E-state index is 0.197. The van der Waals surface area contributed by atoms with Gasteiger partial charge < -0.3 is 14.6 Å². The van der Waals surface area contributed by atoms with Gasteiger partial charge in [0.15, 0.2) is 0 Å². The number of hydrogen-bond donors (Lipinski definition) is 1. The van der Waals surface area contributed by atoms with Crippen molar-refractivity contribution in [2.45, 2.75) is 69.5 Å². The van der Waals surface area contributed by atoms with Gasteiger partial charge in [-0.3, -0.25) is 4.79 Å². The van der Waals surface area contributed by atoms with Gasteiger partial charge in [0.05, 0.1) is 12.8 Å². The van der Waals surface area contributed by atoms with Gasteiger partial charge in [0, 0.05) is 24.5 Å². The van der Waals surface area contributed by atoms with Gasteiger partial charge in [-0.1, -0.05) is 0 Å². The normalized spacial score (nSPS) is 32.1. The molecule has 1 spiro atoms. The van der Waals surface area contributed by atoms with E-state index in [1.165, 1.54) is 38.5 Å². The molecule has 22 heavy (non-hydrogen) atoms. The van der Waals surface area contributed by atoms with Crippen molar-refractivity contribution in [3.63, 3.8) is 0 Å². The molecule has 120 valence electrons. The van der Waals surface area contributed by atoms with E-state index in [9.17, 15) is 4.79 Å². The lowest BCUT2D eigenvalue weighted by atomic mass is 9.77. The Morgan fingerprint density at radius 3 is 2.73 bits per heavy atom. The second-order valence-electron chi connectivity index (χ2n) is 7.41. The summed E-state index contributed by atoms with van der Waals surface area (Å²) < 4.78 is 5.38. The standard InChI is InChI=1S/C18H26N2O2/c21-17-7-10-18(20(17)13-14-3-4-14)8-5-15(6-9-18)19-12-16-2-1-11-22-16/h1-2,11,14-15,19H,3-10,12-13H2. The van der Waals surface area contributed by atoms with Crippen LogP contribution in [0.15, 0.2) is 22.8 Å². The van der Waals surface area contributed by atoms with Gasteiger partial charge in [-0.2, -0.15) is 0 Å². The predicted molar refractivity (Wildman–Crippen MR) is 84.2 cm³/mol. The van der Waals surface area contributed by atoms with Gasteiger partial charge in [-0.05, 0) is 63.0 Å². The fourth-order valence-electron chi connectivity index (χ4n) is 4.27. The van der Waals surface area contributed by atoms with E-state index in [1.54, 1.807) is 6.26 Å². The topological polar surface area (TPSA) is 45.5 Å². The lowest BCUT2D eigenvalue weighted by Crippen LogP contribution is -2.51. The van der Waals surface area contributed by atoms with E-state index in [4.69, 9.17) is 4.42 Å². The lowest BCUT2D eigenvalue weighted by molar-refractivity contribution is -0.132. The summed E-state index contributed by atoms with van der Waals surface area (Å²) in [5.41, 5.74) is 0.197. The summed E-state index contributed by atoms with van der Waals surface area (Å²) in [6.45, 7) is 1.85. The zero-order chi connectivity index (χ0) is 15.0. The molecule has 0 atom stereocenters. The van der Waals surface area contributed by atoms with Crippen LogP contribution in [0.1, 0.15) is 57.1 Å². The van der Waals surface area contributed by atoms with Crippen LogP contribution in [0.4, 0.5) is 0 Å². The maximum atomic E-state index is 12.3. The molecule has 1 amide bonds. The van der Waals surface area contributed by atoms with Crippen LogP contribution >= 0.6 is 0 Å². The first kappa shape index (κ1) is 14.3. The molecule has 2 saturated carbocycles. The highest BCUT2D eigenvalue weighted by molar-refractivity contribution is 5.79. The average Bonchev–Trinajstić information content (AvgIpc) is 3.12. The molecule has 1 saturated heterocycles. The van der Waals surface area contributed by atoms with Crippen LogP contribution in [0.25, 0.3) is 0 Å². The first-order valence-corrected chi connectivity index (χ1v) is 8.81. The smallest absolute Gasteiger partial charge is 0.223 e. The Kier molecular flexibility index (Phi) is 3.73. The van der Waals surface area contributed by atoms with Crippen LogP contribution in [-0.2, 0) is 11.3 Å². The summed E-state index contributed by atoms with van der Waals surface area (Å²) in [6.07, 6.45) is 10.9. The number of rotatable bonds is 5. The summed E-state index contributed by atoms with van der Waals surface area (Å²) in [5.74, 6) is 2.22. The van der Waals surface area contributed by atoms with E-state index in [0.717, 1.165) is 37.6 Å². The van der Waals surface area contributed by atoms with Crippen molar-refractivity contribution in [2.75, 3.05) is 6.54 Å². The van der Waals surface area contributed by atoms with E-state index in [-0.39, 0.29) is 5.54 Å². The Balaban J connectivity index is 1.32. The SMILES string of the molecule is O=C1CCC2(CCC(NCc3ccco3)CC2)N1CC1CC1. The highest BCUT2D eigenvalue weighted by atomic mass is 16.3. The zero-order valence-electron chi connectivity index (χ0n) is 13.2. The Hall–Kier alpha value is -1.29. The van der Waals surface area contributed by atoms with Gasteiger partial charge in [0.25, 0.3) is 0 Å². The number of carbonyl (C=O) groups excluding carboxylic acids is 1. The van der Waals surface area contributed by atoms with Crippen LogP contribution in [0.2, 0.25) is 0 Å². The van der Waals surface area contributed by atoms with E-state index in [0.29, 0.717) is 11.9 Å². The number of nitrogens with one attached hydrogen (secondary N) is 1. The monoisotopic (exact) mass is 302 g/mol. The molecule has 3 fully saturated rings. The fourth-order valence-corrected chi connectivity index (χ4v) is 4.27. The number of amides is 1. The molecule has 4 heteroatoms. The highest BCUT2D eigenvalue weighted by Gasteiger charge is 2.48. The molecular weight excluding hydrogens is 276 g/mol. The van der Waals surface area contributed by atoms with Crippen molar-refractivity contribution in [3.05, 3.63) is 24.2 Å². The number of furan rings is 1. The molecule has 1 aromatic rings. The summed E-state index contributed by atoms with van der Waals surface area (Å²) in [6, 6.07) is 4.52. The predicted octanol–water partition coefficient (Wildman–Crippen LogP) is 3.08. The third-order valence-corrected chi connectivity index (χ3v) is 5.88. The summed E-state index contributed by atoms with van der Waals surface area (Å²) >= 11 is 0. The first-order valence-electron chi connectivity index (χ1n) is 8.81. The van der Waals surface area contributed by atoms with Gasteiger partial charge in [0.1, 0.15) is 5.76 Å². The molecule has 1 aromatic heterocycles. The molecule has 2 aliphatic carbocycles. The Morgan fingerprint density at radius 1 is 1.23 bits per heavy atom. The van der Waals surface area contributed by atoms with E-state index >= 15 is 0 Å². The van der Waals surface area contributed by atoms with Crippen molar-refractivity contribution in [2.24, 2.45) is 5.92 Å². The summed E-state index contributed by atoms with van der Waals surface area (Å²) in [7, 11) is 0. The van der Waals surface area contributed by atoms with Crippen LogP contribution in [0.3, 0.4) is 0 Å². The molecule has 1 N–H and O–H groups in total. The van der Waals surface area contributed by atoms with Crippen LogP contribution in [0.5, 0.6) is 0 Å². The molecule has 1 aliphatic heterocycles. The van der Waals surface area contributed by atoms with E-state index < -0.39 is 0 Å².